The van der Waals surface area contributed by atoms with Crippen molar-refractivity contribution in [1.29, 1.82) is 0 Å². The Morgan fingerprint density at radius 1 is 1.36 bits per heavy atom. The van der Waals surface area contributed by atoms with Gasteiger partial charge >= 0.3 is 0 Å². The molecule has 130 valence electrons. The van der Waals surface area contributed by atoms with Crippen LogP contribution in [-0.2, 0) is 18.3 Å². The molecule has 0 radical (unpaired) electrons. The third-order valence-corrected chi connectivity index (χ3v) is 4.83. The maximum atomic E-state index is 12.4. The Labute approximate surface area is 150 Å². The number of halogens is 1. The van der Waals surface area contributed by atoms with Crippen molar-refractivity contribution in [1.82, 2.24) is 18.9 Å². The van der Waals surface area contributed by atoms with E-state index < -0.39 is 0 Å². The minimum absolute atomic E-state index is 0.119. The number of aryl methyl sites for hydroxylation is 1. The van der Waals surface area contributed by atoms with Crippen LogP contribution in [0.4, 0.5) is 0 Å². The van der Waals surface area contributed by atoms with Gasteiger partial charge in [0.15, 0.2) is 0 Å². The van der Waals surface area contributed by atoms with Crippen molar-refractivity contribution >= 4 is 17.2 Å². The summed E-state index contributed by atoms with van der Waals surface area (Å²) in [5, 5.41) is 0.515. The molecule has 1 aliphatic heterocycles. The van der Waals surface area contributed by atoms with Gasteiger partial charge in [-0.2, -0.15) is 0 Å². The van der Waals surface area contributed by atoms with Gasteiger partial charge in [-0.15, -0.1) is 0 Å². The number of hydrogen-bond acceptors (Lipinski definition) is 4. The normalized spacial score (nSPS) is 18.7. The van der Waals surface area contributed by atoms with Gasteiger partial charge in [0.05, 0.1) is 30.0 Å². The van der Waals surface area contributed by atoms with Gasteiger partial charge in [-0.1, -0.05) is 11.6 Å². The number of hydrogen-bond donors (Lipinski definition) is 0. The van der Waals surface area contributed by atoms with Crippen LogP contribution in [-0.4, -0.2) is 38.6 Å². The first-order valence-electron chi connectivity index (χ1n) is 8.23. The van der Waals surface area contributed by atoms with Crippen molar-refractivity contribution in [2.45, 2.75) is 12.6 Å². The summed E-state index contributed by atoms with van der Waals surface area (Å²) in [6.07, 6.45) is 3.63. The molecule has 0 spiro atoms. The standard InChI is InChI=1S/C18H19ClN4O2/c1-21-6-2-3-15(21)16-12-25-8-7-22(16)11-14-9-18(24)23-10-13(19)4-5-17(23)20-14/h2-6,9-10,16H,7-8,11-12H2,1H3. The van der Waals surface area contributed by atoms with E-state index in [-0.39, 0.29) is 11.6 Å². The molecule has 1 saturated heterocycles. The van der Waals surface area contributed by atoms with E-state index in [2.05, 4.69) is 20.5 Å². The van der Waals surface area contributed by atoms with E-state index in [1.807, 2.05) is 19.3 Å². The Kier molecular flexibility index (Phi) is 4.33. The quantitative estimate of drug-likeness (QED) is 0.720. The molecule has 1 unspecified atom stereocenters. The molecule has 4 heterocycles. The summed E-state index contributed by atoms with van der Waals surface area (Å²) in [6.45, 7) is 2.73. The summed E-state index contributed by atoms with van der Waals surface area (Å²) in [6, 6.07) is 9.39. The third kappa shape index (κ3) is 3.20. The van der Waals surface area contributed by atoms with Crippen LogP contribution >= 0.6 is 11.6 Å². The van der Waals surface area contributed by atoms with E-state index in [1.54, 1.807) is 24.4 Å². The van der Waals surface area contributed by atoms with E-state index >= 15 is 0 Å². The average Bonchev–Trinajstić information content (AvgIpc) is 3.02. The highest BCUT2D eigenvalue weighted by Gasteiger charge is 2.26. The maximum Gasteiger partial charge on any atom is 0.258 e. The molecule has 0 N–H and O–H groups in total. The first-order valence-corrected chi connectivity index (χ1v) is 8.60. The van der Waals surface area contributed by atoms with Crippen LogP contribution in [0.1, 0.15) is 17.4 Å². The zero-order chi connectivity index (χ0) is 17.4. The van der Waals surface area contributed by atoms with Gasteiger partial charge in [0.1, 0.15) is 5.65 Å². The SMILES string of the molecule is Cn1cccc1C1COCCN1Cc1cc(=O)n2cc(Cl)ccc2n1. The van der Waals surface area contributed by atoms with Gasteiger partial charge in [-0.05, 0) is 24.3 Å². The number of morpholine rings is 1. The largest absolute Gasteiger partial charge is 0.378 e. The summed E-state index contributed by atoms with van der Waals surface area (Å²) < 4.78 is 9.26. The Balaban J connectivity index is 1.66. The molecule has 1 fully saturated rings. The van der Waals surface area contributed by atoms with Gasteiger partial charge in [-0.3, -0.25) is 14.1 Å². The smallest absolute Gasteiger partial charge is 0.258 e. The van der Waals surface area contributed by atoms with Crippen molar-refractivity contribution in [3.8, 4) is 0 Å². The van der Waals surface area contributed by atoms with Crippen LogP contribution in [0.3, 0.4) is 0 Å². The van der Waals surface area contributed by atoms with Gasteiger partial charge in [0, 0.05) is 44.3 Å². The summed E-state index contributed by atoms with van der Waals surface area (Å²) in [7, 11) is 2.03. The van der Waals surface area contributed by atoms with E-state index in [0.29, 0.717) is 30.4 Å². The molecule has 1 aliphatic rings. The lowest BCUT2D eigenvalue weighted by atomic mass is 10.1. The Bertz CT molecular complexity index is 965. The molecule has 4 rings (SSSR count). The van der Waals surface area contributed by atoms with Crippen LogP contribution < -0.4 is 5.56 Å². The highest BCUT2D eigenvalue weighted by Crippen LogP contribution is 2.25. The van der Waals surface area contributed by atoms with Crippen LogP contribution in [0.5, 0.6) is 0 Å². The summed E-state index contributed by atoms with van der Waals surface area (Å²) >= 11 is 5.97. The lowest BCUT2D eigenvalue weighted by Crippen LogP contribution is -2.40. The molecule has 3 aromatic rings. The fourth-order valence-corrected chi connectivity index (χ4v) is 3.50. The minimum Gasteiger partial charge on any atom is -0.378 e. The molecule has 3 aromatic heterocycles. The molecule has 1 atom stereocenters. The molecule has 7 heteroatoms. The van der Waals surface area contributed by atoms with Crippen molar-refractivity contribution in [2.24, 2.45) is 7.05 Å². The second-order valence-corrected chi connectivity index (χ2v) is 6.70. The molecule has 6 nitrogen and oxygen atoms in total. The van der Waals surface area contributed by atoms with Crippen molar-refractivity contribution < 1.29 is 4.74 Å². The number of nitrogens with zero attached hydrogens (tertiary/aromatic N) is 4. The predicted octanol–water partition coefficient (Wildman–Crippen LogP) is 2.26. The van der Waals surface area contributed by atoms with E-state index in [9.17, 15) is 4.79 Å². The second-order valence-electron chi connectivity index (χ2n) is 6.27. The lowest BCUT2D eigenvalue weighted by molar-refractivity contribution is -0.0157. The maximum absolute atomic E-state index is 12.4. The zero-order valence-corrected chi connectivity index (χ0v) is 14.7. The summed E-state index contributed by atoms with van der Waals surface area (Å²) in [4.78, 5) is 19.3. The molecule has 0 amide bonds. The van der Waals surface area contributed by atoms with Crippen LogP contribution in [0.25, 0.3) is 5.65 Å². The molecule has 0 saturated carbocycles. The fraction of sp³-hybridized carbons (Fsp3) is 0.333. The van der Waals surface area contributed by atoms with E-state index in [1.165, 1.54) is 10.1 Å². The van der Waals surface area contributed by atoms with Gasteiger partial charge in [0.2, 0.25) is 0 Å². The topological polar surface area (TPSA) is 51.8 Å². The van der Waals surface area contributed by atoms with E-state index in [4.69, 9.17) is 16.3 Å². The van der Waals surface area contributed by atoms with Gasteiger partial charge in [-0.25, -0.2) is 4.98 Å². The van der Waals surface area contributed by atoms with E-state index in [0.717, 1.165) is 12.2 Å². The van der Waals surface area contributed by atoms with Crippen molar-refractivity contribution in [2.75, 3.05) is 19.8 Å². The summed E-state index contributed by atoms with van der Waals surface area (Å²) in [5.74, 6) is 0. The Morgan fingerprint density at radius 3 is 3.04 bits per heavy atom. The van der Waals surface area contributed by atoms with Gasteiger partial charge in [0.25, 0.3) is 5.56 Å². The molecular weight excluding hydrogens is 340 g/mol. The molecule has 0 aromatic carbocycles. The van der Waals surface area contributed by atoms with Gasteiger partial charge < -0.3 is 9.30 Å². The molecule has 0 aliphatic carbocycles. The van der Waals surface area contributed by atoms with Crippen molar-refractivity contribution in [3.63, 3.8) is 0 Å². The van der Waals surface area contributed by atoms with Crippen LogP contribution in [0.15, 0.2) is 47.5 Å². The lowest BCUT2D eigenvalue weighted by Gasteiger charge is -2.35. The van der Waals surface area contributed by atoms with Crippen LogP contribution in [0.2, 0.25) is 5.02 Å². The van der Waals surface area contributed by atoms with Crippen molar-refractivity contribution in [3.05, 3.63) is 69.5 Å². The molecule has 25 heavy (non-hydrogen) atoms. The predicted molar refractivity (Wildman–Crippen MR) is 95.9 cm³/mol. The fourth-order valence-electron chi connectivity index (χ4n) is 3.34. The molecule has 0 bridgehead atoms. The number of rotatable bonds is 3. The Hall–Kier alpha value is -2.15. The number of ether oxygens (including phenoxy) is 1. The number of pyridine rings is 1. The third-order valence-electron chi connectivity index (χ3n) is 4.61. The highest BCUT2D eigenvalue weighted by atomic mass is 35.5. The highest BCUT2D eigenvalue weighted by molar-refractivity contribution is 6.30. The zero-order valence-electron chi connectivity index (χ0n) is 13.9. The Morgan fingerprint density at radius 2 is 2.24 bits per heavy atom. The number of aromatic nitrogens is 3. The minimum atomic E-state index is -0.119. The monoisotopic (exact) mass is 358 g/mol. The first-order chi connectivity index (χ1) is 12.1. The summed E-state index contributed by atoms with van der Waals surface area (Å²) in [5.41, 5.74) is 2.44. The van der Waals surface area contributed by atoms with Crippen LogP contribution in [0, 0.1) is 0 Å². The first kappa shape index (κ1) is 16.3. The molecular formula is C18H19ClN4O2. The number of fused-ring (bicyclic) bond motifs is 1. The average molecular weight is 359 g/mol. The second kappa shape index (κ2) is 6.63.